The molecule has 60 valence electrons. The molecule has 0 saturated heterocycles. The lowest BCUT2D eigenvalue weighted by molar-refractivity contribution is -0.390. The number of hydrogen-bond acceptors (Lipinski definition) is 3. The van der Waals surface area contributed by atoms with Crippen LogP contribution in [0.4, 0.5) is 5.82 Å². The van der Waals surface area contributed by atoms with E-state index in [1.165, 1.54) is 4.68 Å². The molecular weight excluding hydrogens is 146 g/mol. The highest BCUT2D eigenvalue weighted by Crippen LogP contribution is 2.17. The molecule has 1 heterocycles. The Kier molecular flexibility index (Phi) is 1.64. The van der Waals surface area contributed by atoms with Crippen molar-refractivity contribution in [2.45, 2.75) is 13.8 Å². The molecule has 0 aliphatic heterocycles. The van der Waals surface area contributed by atoms with Crippen LogP contribution in [0.5, 0.6) is 0 Å². The quantitative estimate of drug-likeness (QED) is 0.448. The van der Waals surface area contributed by atoms with Crippen LogP contribution in [0.1, 0.15) is 11.3 Å². The summed E-state index contributed by atoms with van der Waals surface area (Å²) < 4.78 is 1.51. The summed E-state index contributed by atoms with van der Waals surface area (Å²) in [5.41, 5.74) is 1.47. The number of nitro groups is 1. The zero-order valence-electron chi connectivity index (χ0n) is 6.66. The van der Waals surface area contributed by atoms with Crippen molar-refractivity contribution >= 4 is 5.82 Å². The molecule has 0 fully saturated rings. The van der Waals surface area contributed by atoms with Crippen LogP contribution in [0.25, 0.3) is 0 Å². The van der Waals surface area contributed by atoms with Crippen molar-refractivity contribution in [1.29, 1.82) is 0 Å². The van der Waals surface area contributed by atoms with Gasteiger partial charge in [-0.25, -0.2) is 0 Å². The smallest absolute Gasteiger partial charge is 0.358 e. The van der Waals surface area contributed by atoms with Gasteiger partial charge in [0.2, 0.25) is 0 Å². The highest BCUT2D eigenvalue weighted by molar-refractivity contribution is 5.34. The third kappa shape index (κ3) is 1.09. The Bertz CT molecular complexity index is 303. The lowest BCUT2D eigenvalue weighted by Gasteiger charge is -1.87. The molecule has 0 bridgehead atoms. The first-order valence-corrected chi connectivity index (χ1v) is 3.18. The van der Waals surface area contributed by atoms with E-state index in [1.54, 1.807) is 20.9 Å². The summed E-state index contributed by atoms with van der Waals surface area (Å²) >= 11 is 0. The molecule has 1 rings (SSSR count). The fourth-order valence-electron chi connectivity index (χ4n) is 0.870. The van der Waals surface area contributed by atoms with Crippen molar-refractivity contribution in [3.63, 3.8) is 0 Å². The van der Waals surface area contributed by atoms with Crippen molar-refractivity contribution in [2.24, 2.45) is 7.05 Å². The predicted molar refractivity (Wildman–Crippen MR) is 39.3 cm³/mol. The second kappa shape index (κ2) is 2.34. The standard InChI is InChI=1S/C6H9N3O2/c1-4-5(2)8(3)7-6(4)9(10)11/h1-3H3. The molecule has 0 unspecified atom stereocenters. The van der Waals surface area contributed by atoms with Crippen molar-refractivity contribution in [3.8, 4) is 0 Å². The van der Waals surface area contributed by atoms with E-state index in [4.69, 9.17) is 0 Å². The maximum atomic E-state index is 10.3. The largest absolute Gasteiger partial charge is 0.393 e. The van der Waals surface area contributed by atoms with Crippen LogP contribution in [0, 0.1) is 24.0 Å². The maximum absolute atomic E-state index is 10.3. The first-order valence-electron chi connectivity index (χ1n) is 3.18. The summed E-state index contributed by atoms with van der Waals surface area (Å²) in [5.74, 6) is -0.0509. The third-order valence-corrected chi connectivity index (χ3v) is 1.78. The number of aromatic nitrogens is 2. The second-order valence-corrected chi connectivity index (χ2v) is 2.41. The summed E-state index contributed by atoms with van der Waals surface area (Å²) in [7, 11) is 1.69. The first-order chi connectivity index (χ1) is 5.04. The number of rotatable bonds is 1. The second-order valence-electron chi connectivity index (χ2n) is 2.41. The molecule has 0 atom stereocenters. The van der Waals surface area contributed by atoms with Gasteiger partial charge in [-0.1, -0.05) is 0 Å². The Balaban J connectivity index is 3.29. The van der Waals surface area contributed by atoms with Crippen molar-refractivity contribution in [2.75, 3.05) is 0 Å². The summed E-state index contributed by atoms with van der Waals surface area (Å²) in [6.45, 7) is 3.50. The lowest BCUT2D eigenvalue weighted by Crippen LogP contribution is -1.93. The highest BCUT2D eigenvalue weighted by atomic mass is 16.6. The number of nitrogens with zero attached hydrogens (tertiary/aromatic N) is 3. The summed E-state index contributed by atoms with van der Waals surface area (Å²) in [5, 5.41) is 14.0. The van der Waals surface area contributed by atoms with Gasteiger partial charge < -0.3 is 10.1 Å². The van der Waals surface area contributed by atoms with Gasteiger partial charge in [-0.3, -0.25) is 0 Å². The average Bonchev–Trinajstić information content (AvgIpc) is 2.17. The number of hydrogen-bond donors (Lipinski definition) is 0. The van der Waals surface area contributed by atoms with E-state index < -0.39 is 4.92 Å². The van der Waals surface area contributed by atoms with Crippen LogP contribution >= 0.6 is 0 Å². The molecule has 0 radical (unpaired) electrons. The van der Waals surface area contributed by atoms with Gasteiger partial charge in [-0.2, -0.15) is 4.68 Å². The minimum absolute atomic E-state index is 0.0509. The highest BCUT2D eigenvalue weighted by Gasteiger charge is 2.18. The van der Waals surface area contributed by atoms with Crippen molar-refractivity contribution in [1.82, 2.24) is 9.78 Å². The minimum Gasteiger partial charge on any atom is -0.358 e. The van der Waals surface area contributed by atoms with Crippen molar-refractivity contribution in [3.05, 3.63) is 21.4 Å². The fourth-order valence-corrected chi connectivity index (χ4v) is 0.870. The van der Waals surface area contributed by atoms with Crippen LogP contribution in [0.15, 0.2) is 0 Å². The molecule has 0 N–H and O–H groups in total. The molecule has 11 heavy (non-hydrogen) atoms. The lowest BCUT2D eigenvalue weighted by atomic mass is 10.3. The van der Waals surface area contributed by atoms with Gasteiger partial charge in [-0.05, 0) is 18.8 Å². The Morgan fingerprint density at radius 1 is 1.55 bits per heavy atom. The zero-order valence-corrected chi connectivity index (χ0v) is 6.66. The van der Waals surface area contributed by atoms with Gasteiger partial charge in [0.25, 0.3) is 0 Å². The molecule has 0 aromatic carbocycles. The molecular formula is C6H9N3O2. The SMILES string of the molecule is Cc1c([N+](=O)[O-])nn(C)c1C. The van der Waals surface area contributed by atoms with E-state index in [0.717, 1.165) is 5.69 Å². The van der Waals surface area contributed by atoms with E-state index in [2.05, 4.69) is 5.10 Å². The van der Waals surface area contributed by atoms with Gasteiger partial charge in [0.1, 0.15) is 0 Å². The molecule has 0 spiro atoms. The van der Waals surface area contributed by atoms with Gasteiger partial charge in [0.15, 0.2) is 0 Å². The van der Waals surface area contributed by atoms with Gasteiger partial charge in [-0.15, -0.1) is 0 Å². The molecule has 1 aromatic heterocycles. The van der Waals surface area contributed by atoms with Gasteiger partial charge in [0, 0.05) is 0 Å². The Hall–Kier alpha value is -1.39. The van der Waals surface area contributed by atoms with Crippen LogP contribution < -0.4 is 0 Å². The Morgan fingerprint density at radius 2 is 2.09 bits per heavy atom. The van der Waals surface area contributed by atoms with E-state index in [9.17, 15) is 10.1 Å². The van der Waals surface area contributed by atoms with Crippen LogP contribution in [0.2, 0.25) is 0 Å². The molecule has 0 saturated carbocycles. The fraction of sp³-hybridized carbons (Fsp3) is 0.500. The Morgan fingerprint density at radius 3 is 2.27 bits per heavy atom. The maximum Gasteiger partial charge on any atom is 0.393 e. The van der Waals surface area contributed by atoms with E-state index >= 15 is 0 Å². The van der Waals surface area contributed by atoms with Crippen molar-refractivity contribution < 1.29 is 4.92 Å². The molecule has 5 heteroatoms. The summed E-state index contributed by atoms with van der Waals surface area (Å²) in [4.78, 5) is 9.85. The first kappa shape index (κ1) is 7.71. The van der Waals surface area contributed by atoms with E-state index in [0.29, 0.717) is 5.56 Å². The normalized spacial score (nSPS) is 10.1. The van der Waals surface area contributed by atoms with Crippen LogP contribution in [-0.4, -0.2) is 14.7 Å². The molecule has 0 aliphatic carbocycles. The van der Waals surface area contributed by atoms with E-state index in [-0.39, 0.29) is 5.82 Å². The summed E-state index contributed by atoms with van der Waals surface area (Å²) in [6.07, 6.45) is 0. The van der Waals surface area contributed by atoms with Gasteiger partial charge in [0.05, 0.1) is 23.4 Å². The predicted octanol–water partition coefficient (Wildman–Crippen LogP) is 0.945. The van der Waals surface area contributed by atoms with Crippen LogP contribution in [0.3, 0.4) is 0 Å². The molecule has 1 aromatic rings. The average molecular weight is 155 g/mol. The third-order valence-electron chi connectivity index (χ3n) is 1.78. The molecule has 5 nitrogen and oxygen atoms in total. The molecule has 0 aliphatic rings. The van der Waals surface area contributed by atoms with Crippen LogP contribution in [-0.2, 0) is 7.05 Å². The van der Waals surface area contributed by atoms with Gasteiger partial charge >= 0.3 is 5.82 Å². The monoisotopic (exact) mass is 155 g/mol. The molecule has 0 amide bonds. The summed E-state index contributed by atoms with van der Waals surface area (Å²) in [6, 6.07) is 0. The Labute approximate surface area is 63.8 Å². The zero-order chi connectivity index (χ0) is 8.59. The number of aryl methyl sites for hydroxylation is 1. The minimum atomic E-state index is -0.470. The van der Waals surface area contributed by atoms with E-state index in [1.807, 2.05) is 0 Å². The topological polar surface area (TPSA) is 61.0 Å².